The van der Waals surface area contributed by atoms with E-state index in [0.29, 0.717) is 32.0 Å². The highest BCUT2D eigenvalue weighted by atomic mass is 127. The zero-order chi connectivity index (χ0) is 20.6. The number of rotatable bonds is 10. The van der Waals surface area contributed by atoms with Crippen LogP contribution in [-0.4, -0.2) is 62.6 Å². The summed E-state index contributed by atoms with van der Waals surface area (Å²) in [5, 5.41) is 7.34. The number of aromatic nitrogens is 1. The van der Waals surface area contributed by atoms with Gasteiger partial charge in [0.25, 0.3) is 0 Å². The zero-order valence-electron chi connectivity index (χ0n) is 17.2. The molecule has 1 heterocycles. The lowest BCUT2D eigenvalue weighted by atomic mass is 10.1. The molecule has 2 rings (SSSR count). The highest BCUT2D eigenvalue weighted by molar-refractivity contribution is 14.0. The number of nitrogens with zero attached hydrogens (tertiary/aromatic N) is 2. The van der Waals surface area contributed by atoms with Crippen molar-refractivity contribution < 1.29 is 12.8 Å². The van der Waals surface area contributed by atoms with E-state index in [2.05, 4.69) is 20.6 Å². The molecule has 0 spiro atoms. The first-order valence-corrected chi connectivity index (χ1v) is 11.2. The maximum atomic E-state index is 13.5. The molecule has 3 N–H and O–H groups in total. The fourth-order valence-electron chi connectivity index (χ4n) is 2.86. The van der Waals surface area contributed by atoms with E-state index in [1.54, 1.807) is 26.1 Å². The lowest BCUT2D eigenvalue weighted by molar-refractivity contribution is 0.465. The summed E-state index contributed by atoms with van der Waals surface area (Å²) in [5.74, 6) is 0.551. The van der Waals surface area contributed by atoms with Gasteiger partial charge in [0.2, 0.25) is 10.0 Å². The predicted molar refractivity (Wildman–Crippen MR) is 128 cm³/mol. The van der Waals surface area contributed by atoms with Crippen molar-refractivity contribution in [3.63, 3.8) is 0 Å². The minimum atomic E-state index is -3.15. The maximum Gasteiger partial charge on any atom is 0.213 e. The average Bonchev–Trinajstić information content (AvgIpc) is 3.07. The smallest absolute Gasteiger partial charge is 0.213 e. The molecule has 0 unspecified atom stereocenters. The van der Waals surface area contributed by atoms with Crippen molar-refractivity contribution in [1.82, 2.24) is 19.9 Å². The summed E-state index contributed by atoms with van der Waals surface area (Å²) < 4.78 is 38.3. The number of sulfonamides is 1. The summed E-state index contributed by atoms with van der Waals surface area (Å²) in [4.78, 5) is 7.65. The molecule has 0 amide bonds. The number of benzene rings is 1. The van der Waals surface area contributed by atoms with Gasteiger partial charge in [-0.1, -0.05) is 0 Å². The van der Waals surface area contributed by atoms with E-state index >= 15 is 0 Å². The van der Waals surface area contributed by atoms with Crippen molar-refractivity contribution >= 4 is 50.9 Å². The molecule has 10 heteroatoms. The van der Waals surface area contributed by atoms with Gasteiger partial charge < -0.3 is 15.6 Å². The zero-order valence-corrected chi connectivity index (χ0v) is 20.3. The number of aliphatic imine (C=N–C) groups is 1. The molecule has 0 saturated heterocycles. The first kappa shape index (κ1) is 25.6. The van der Waals surface area contributed by atoms with Gasteiger partial charge in [0.1, 0.15) is 5.82 Å². The van der Waals surface area contributed by atoms with E-state index in [1.165, 1.54) is 10.4 Å². The molecule has 0 aliphatic rings. The van der Waals surface area contributed by atoms with Gasteiger partial charge in [-0.2, -0.15) is 0 Å². The Kier molecular flexibility index (Phi) is 10.9. The molecule has 0 atom stereocenters. The fraction of sp³-hybridized carbons (Fsp3) is 0.526. The molecule has 0 fully saturated rings. The van der Waals surface area contributed by atoms with Crippen LogP contribution >= 0.6 is 24.0 Å². The molecule has 7 nitrogen and oxygen atoms in total. The molecule has 0 aliphatic heterocycles. The number of hydrogen-bond donors (Lipinski definition) is 3. The van der Waals surface area contributed by atoms with Gasteiger partial charge >= 0.3 is 0 Å². The Balaban J connectivity index is 0.00000420. The van der Waals surface area contributed by atoms with Crippen LogP contribution in [0.4, 0.5) is 4.39 Å². The standard InChI is InChI=1S/C19H30FN5O2S.HI/c1-4-21-19(22-10-6-12-25(3)28(26,27)5-2)23-11-9-15-14-24-18-8-7-16(20)13-17(15)18;/h7-8,13-14,24H,4-6,9-12H2,1-3H3,(H2,21,22,23);1H. The van der Waals surface area contributed by atoms with E-state index < -0.39 is 10.0 Å². The van der Waals surface area contributed by atoms with Crippen LogP contribution in [-0.2, 0) is 16.4 Å². The van der Waals surface area contributed by atoms with Crippen molar-refractivity contribution in [2.24, 2.45) is 4.99 Å². The Morgan fingerprint density at radius 1 is 1.28 bits per heavy atom. The van der Waals surface area contributed by atoms with Crippen LogP contribution in [0.2, 0.25) is 0 Å². The third kappa shape index (κ3) is 7.74. The van der Waals surface area contributed by atoms with Crippen LogP contribution in [0.25, 0.3) is 10.9 Å². The molecule has 164 valence electrons. The average molecular weight is 539 g/mol. The van der Waals surface area contributed by atoms with E-state index in [9.17, 15) is 12.8 Å². The van der Waals surface area contributed by atoms with E-state index in [0.717, 1.165) is 29.4 Å². The molecule has 1 aromatic carbocycles. The van der Waals surface area contributed by atoms with Crippen LogP contribution in [0.3, 0.4) is 0 Å². The molecule has 0 bridgehead atoms. The van der Waals surface area contributed by atoms with Crippen molar-refractivity contribution in [1.29, 1.82) is 0 Å². The largest absolute Gasteiger partial charge is 0.361 e. The minimum Gasteiger partial charge on any atom is -0.361 e. The minimum absolute atomic E-state index is 0. The summed E-state index contributed by atoms with van der Waals surface area (Å²) in [5.41, 5.74) is 1.97. The molecule has 29 heavy (non-hydrogen) atoms. The number of hydrogen-bond acceptors (Lipinski definition) is 3. The number of halogens is 2. The molecule has 0 aliphatic carbocycles. The quantitative estimate of drug-likeness (QED) is 0.188. The summed E-state index contributed by atoms with van der Waals surface area (Å²) in [6.45, 7) is 5.98. The van der Waals surface area contributed by atoms with Crippen molar-refractivity contribution in [3.8, 4) is 0 Å². The Labute approximate surface area is 189 Å². The SMILES string of the molecule is CCNC(=NCCCN(C)S(=O)(=O)CC)NCCc1c[nH]c2ccc(F)cc12.I. The second-order valence-corrected chi connectivity index (χ2v) is 8.88. The highest BCUT2D eigenvalue weighted by Gasteiger charge is 2.13. The van der Waals surface area contributed by atoms with E-state index in [-0.39, 0.29) is 35.5 Å². The third-order valence-corrected chi connectivity index (χ3v) is 6.36. The molecule has 2 aromatic rings. The molecular weight excluding hydrogens is 508 g/mol. The second-order valence-electron chi connectivity index (χ2n) is 6.52. The van der Waals surface area contributed by atoms with Crippen molar-refractivity contribution in [3.05, 3.63) is 35.8 Å². The van der Waals surface area contributed by atoms with E-state index in [4.69, 9.17) is 0 Å². The first-order chi connectivity index (χ1) is 13.4. The fourth-order valence-corrected chi connectivity index (χ4v) is 3.71. The lowest BCUT2D eigenvalue weighted by Gasteiger charge is -2.15. The summed E-state index contributed by atoms with van der Waals surface area (Å²) >= 11 is 0. The number of aromatic amines is 1. The van der Waals surface area contributed by atoms with Gasteiger partial charge in [0.15, 0.2) is 5.96 Å². The molecule has 0 radical (unpaired) electrons. The number of fused-ring (bicyclic) bond motifs is 1. The van der Waals surface area contributed by atoms with Gasteiger partial charge in [0, 0.05) is 50.3 Å². The summed E-state index contributed by atoms with van der Waals surface area (Å²) in [6, 6.07) is 4.73. The van der Waals surface area contributed by atoms with Crippen LogP contribution in [0, 0.1) is 5.82 Å². The molecule has 1 aromatic heterocycles. The first-order valence-electron chi connectivity index (χ1n) is 9.59. The van der Waals surface area contributed by atoms with Crippen molar-refractivity contribution in [2.75, 3.05) is 39.0 Å². The summed E-state index contributed by atoms with van der Waals surface area (Å²) in [6.07, 6.45) is 3.28. The second kappa shape index (κ2) is 12.3. The van der Waals surface area contributed by atoms with Crippen molar-refractivity contribution in [2.45, 2.75) is 26.7 Å². The lowest BCUT2D eigenvalue weighted by Crippen LogP contribution is -2.38. The normalized spacial score (nSPS) is 12.2. The predicted octanol–water partition coefficient (Wildman–Crippen LogP) is 2.69. The van der Waals surface area contributed by atoms with E-state index in [1.807, 2.05) is 13.1 Å². The summed E-state index contributed by atoms with van der Waals surface area (Å²) in [7, 11) is -1.55. The molecular formula is C19H31FIN5O2S. The van der Waals surface area contributed by atoms with Gasteiger partial charge in [-0.15, -0.1) is 24.0 Å². The van der Waals surface area contributed by atoms with Crippen LogP contribution in [0.15, 0.2) is 29.4 Å². The molecule has 0 saturated carbocycles. The Morgan fingerprint density at radius 2 is 2.03 bits per heavy atom. The maximum absolute atomic E-state index is 13.5. The topological polar surface area (TPSA) is 89.6 Å². The van der Waals surface area contributed by atoms with Gasteiger partial charge in [-0.3, -0.25) is 4.99 Å². The Bertz CT molecular complexity index is 901. The monoisotopic (exact) mass is 539 g/mol. The Hall–Kier alpha value is -1.40. The highest BCUT2D eigenvalue weighted by Crippen LogP contribution is 2.19. The number of nitrogens with one attached hydrogen (secondary N) is 3. The van der Waals surface area contributed by atoms with Crippen LogP contribution < -0.4 is 10.6 Å². The van der Waals surface area contributed by atoms with Gasteiger partial charge in [-0.05, 0) is 50.5 Å². The Morgan fingerprint density at radius 3 is 2.72 bits per heavy atom. The van der Waals surface area contributed by atoms with Gasteiger partial charge in [0.05, 0.1) is 5.75 Å². The van der Waals surface area contributed by atoms with Crippen LogP contribution in [0.5, 0.6) is 0 Å². The van der Waals surface area contributed by atoms with Crippen LogP contribution in [0.1, 0.15) is 25.8 Å². The van der Waals surface area contributed by atoms with Gasteiger partial charge in [-0.25, -0.2) is 17.1 Å². The third-order valence-electron chi connectivity index (χ3n) is 4.50. The number of guanidine groups is 1. The number of H-pyrrole nitrogens is 1.